The molecular formula is C19H23NO5S. The molecule has 3 rings (SSSR count). The summed E-state index contributed by atoms with van der Waals surface area (Å²) >= 11 is 0. The van der Waals surface area contributed by atoms with Crippen LogP contribution in [-0.2, 0) is 16.6 Å². The van der Waals surface area contributed by atoms with Crippen molar-refractivity contribution in [2.45, 2.75) is 38.6 Å². The minimum atomic E-state index is -3.64. The van der Waals surface area contributed by atoms with Crippen LogP contribution >= 0.6 is 0 Å². The average molecular weight is 377 g/mol. The minimum absolute atomic E-state index is 0.172. The highest BCUT2D eigenvalue weighted by Gasteiger charge is 2.20. The van der Waals surface area contributed by atoms with Gasteiger partial charge in [0.1, 0.15) is 5.75 Å². The predicted molar refractivity (Wildman–Crippen MR) is 98.3 cm³/mol. The molecule has 0 atom stereocenters. The number of rotatable bonds is 7. The van der Waals surface area contributed by atoms with E-state index in [1.54, 1.807) is 31.2 Å². The van der Waals surface area contributed by atoms with Gasteiger partial charge in [-0.1, -0.05) is 13.0 Å². The van der Waals surface area contributed by atoms with Crippen LogP contribution in [0.25, 0.3) is 0 Å². The van der Waals surface area contributed by atoms with Crippen LogP contribution in [-0.4, -0.2) is 21.8 Å². The zero-order chi connectivity index (χ0) is 18.7. The number of benzene rings is 2. The van der Waals surface area contributed by atoms with Crippen molar-refractivity contribution >= 4 is 10.0 Å². The Morgan fingerprint density at radius 2 is 1.85 bits per heavy atom. The maximum Gasteiger partial charge on any atom is 0.241 e. The Morgan fingerprint density at radius 3 is 2.62 bits per heavy atom. The van der Waals surface area contributed by atoms with Crippen molar-refractivity contribution in [3.63, 3.8) is 0 Å². The fourth-order valence-electron chi connectivity index (χ4n) is 2.73. The van der Waals surface area contributed by atoms with Gasteiger partial charge in [0.15, 0.2) is 11.5 Å². The summed E-state index contributed by atoms with van der Waals surface area (Å²) in [6.07, 6.45) is 0.898. The van der Waals surface area contributed by atoms with Crippen LogP contribution in [0.15, 0.2) is 35.2 Å². The third-order valence-corrected chi connectivity index (χ3v) is 5.67. The van der Waals surface area contributed by atoms with E-state index in [-0.39, 0.29) is 18.2 Å². The highest BCUT2D eigenvalue weighted by molar-refractivity contribution is 7.89. The number of hydrogen-bond acceptors (Lipinski definition) is 5. The van der Waals surface area contributed by atoms with Gasteiger partial charge >= 0.3 is 0 Å². The fraction of sp³-hybridized carbons (Fsp3) is 0.368. The topological polar surface area (TPSA) is 73.9 Å². The summed E-state index contributed by atoms with van der Waals surface area (Å²) in [4.78, 5) is 0.264. The summed E-state index contributed by atoms with van der Waals surface area (Å²) in [7, 11) is -3.64. The highest BCUT2D eigenvalue weighted by atomic mass is 32.2. The van der Waals surface area contributed by atoms with E-state index < -0.39 is 10.0 Å². The van der Waals surface area contributed by atoms with Crippen LogP contribution in [0.5, 0.6) is 17.2 Å². The van der Waals surface area contributed by atoms with E-state index in [9.17, 15) is 8.42 Å². The Bertz CT molecular complexity index is 908. The molecule has 0 spiro atoms. The van der Waals surface area contributed by atoms with Gasteiger partial charge in [-0.25, -0.2) is 13.1 Å². The molecule has 0 aromatic heterocycles. The second-order valence-corrected chi connectivity index (χ2v) is 7.98. The molecule has 1 heterocycles. The normalized spacial score (nSPS) is 13.0. The molecule has 1 aliphatic heterocycles. The molecule has 0 radical (unpaired) electrons. The maximum atomic E-state index is 12.7. The van der Waals surface area contributed by atoms with Crippen LogP contribution in [0.2, 0.25) is 0 Å². The quantitative estimate of drug-likeness (QED) is 0.801. The standard InChI is InChI=1S/C19H23NO5S/c1-4-7-23-17-8-14(3)19(9-13(17)2)26(21,22)20-11-15-5-6-16-18(10-15)25-12-24-16/h5-6,8-10,20H,4,7,11-12H2,1-3H3. The number of nitrogens with one attached hydrogen (secondary N) is 1. The van der Waals surface area contributed by atoms with Crippen molar-refractivity contribution in [1.29, 1.82) is 0 Å². The first-order valence-corrected chi connectivity index (χ1v) is 10.0. The molecule has 1 aliphatic rings. The van der Waals surface area contributed by atoms with E-state index in [1.165, 1.54) is 0 Å². The number of sulfonamides is 1. The Kier molecular flexibility index (Phi) is 5.38. The van der Waals surface area contributed by atoms with Crippen LogP contribution in [0.3, 0.4) is 0 Å². The first kappa shape index (κ1) is 18.5. The summed E-state index contributed by atoms with van der Waals surface area (Å²) in [5, 5.41) is 0. The van der Waals surface area contributed by atoms with Crippen LogP contribution in [0, 0.1) is 13.8 Å². The molecule has 2 aromatic carbocycles. The molecule has 1 N–H and O–H groups in total. The van der Waals surface area contributed by atoms with Crippen molar-refractivity contribution in [2.75, 3.05) is 13.4 Å². The molecule has 0 bridgehead atoms. The van der Waals surface area contributed by atoms with Gasteiger partial charge in [0, 0.05) is 6.54 Å². The molecule has 6 nitrogen and oxygen atoms in total. The van der Waals surface area contributed by atoms with E-state index in [2.05, 4.69) is 4.72 Å². The van der Waals surface area contributed by atoms with Gasteiger partial charge in [0.05, 0.1) is 11.5 Å². The number of ether oxygens (including phenoxy) is 3. The Hall–Kier alpha value is -2.25. The molecule has 0 aliphatic carbocycles. The molecule has 0 saturated carbocycles. The number of fused-ring (bicyclic) bond motifs is 1. The lowest BCUT2D eigenvalue weighted by atomic mass is 10.1. The van der Waals surface area contributed by atoms with Crippen LogP contribution in [0.4, 0.5) is 0 Å². The second-order valence-electron chi connectivity index (χ2n) is 6.24. The molecule has 0 unspecified atom stereocenters. The summed E-state index contributed by atoms with van der Waals surface area (Å²) in [5.74, 6) is 2.02. The van der Waals surface area contributed by atoms with Crippen molar-refractivity contribution in [1.82, 2.24) is 4.72 Å². The first-order valence-electron chi connectivity index (χ1n) is 8.53. The van der Waals surface area contributed by atoms with Gasteiger partial charge in [0.2, 0.25) is 16.8 Å². The molecule has 2 aromatic rings. The van der Waals surface area contributed by atoms with Gasteiger partial charge in [-0.05, 0) is 61.2 Å². The first-order chi connectivity index (χ1) is 12.4. The van der Waals surface area contributed by atoms with Crippen LogP contribution < -0.4 is 18.9 Å². The fourth-order valence-corrected chi connectivity index (χ4v) is 4.05. The predicted octanol–water partition coefficient (Wildman–Crippen LogP) is 3.30. The zero-order valence-corrected chi connectivity index (χ0v) is 16.0. The molecule has 26 heavy (non-hydrogen) atoms. The van der Waals surface area contributed by atoms with Gasteiger partial charge in [-0.15, -0.1) is 0 Å². The van der Waals surface area contributed by atoms with E-state index in [4.69, 9.17) is 14.2 Å². The minimum Gasteiger partial charge on any atom is -0.493 e. The molecule has 140 valence electrons. The smallest absolute Gasteiger partial charge is 0.241 e. The number of aryl methyl sites for hydroxylation is 2. The molecule has 7 heteroatoms. The van der Waals surface area contributed by atoms with Crippen molar-refractivity contribution in [2.24, 2.45) is 0 Å². The molecule has 0 fully saturated rings. The summed E-state index contributed by atoms with van der Waals surface area (Å²) in [6.45, 7) is 6.62. The Balaban J connectivity index is 1.76. The van der Waals surface area contributed by atoms with Crippen LogP contribution in [0.1, 0.15) is 30.0 Å². The van der Waals surface area contributed by atoms with E-state index in [0.29, 0.717) is 23.7 Å². The lowest BCUT2D eigenvalue weighted by Gasteiger charge is -2.14. The largest absolute Gasteiger partial charge is 0.493 e. The molecule has 0 amide bonds. The van der Waals surface area contributed by atoms with E-state index >= 15 is 0 Å². The lowest BCUT2D eigenvalue weighted by Crippen LogP contribution is -2.24. The van der Waals surface area contributed by atoms with Gasteiger partial charge in [-0.3, -0.25) is 0 Å². The molecular weight excluding hydrogens is 354 g/mol. The summed E-state index contributed by atoms with van der Waals surface area (Å²) in [6, 6.07) is 8.81. The van der Waals surface area contributed by atoms with E-state index in [1.807, 2.05) is 19.9 Å². The van der Waals surface area contributed by atoms with Gasteiger partial charge < -0.3 is 14.2 Å². The van der Waals surface area contributed by atoms with Gasteiger partial charge in [0.25, 0.3) is 0 Å². The zero-order valence-electron chi connectivity index (χ0n) is 15.2. The third kappa shape index (κ3) is 3.94. The SMILES string of the molecule is CCCOc1cc(C)c(S(=O)(=O)NCc2ccc3c(c2)OCO3)cc1C. The summed E-state index contributed by atoms with van der Waals surface area (Å²) < 4.78 is 44.4. The third-order valence-electron chi connectivity index (χ3n) is 4.13. The van der Waals surface area contributed by atoms with Crippen molar-refractivity contribution in [3.8, 4) is 17.2 Å². The van der Waals surface area contributed by atoms with Crippen molar-refractivity contribution < 1.29 is 22.6 Å². The lowest BCUT2D eigenvalue weighted by molar-refractivity contribution is 0.174. The average Bonchev–Trinajstić information content (AvgIpc) is 3.08. The number of hydrogen-bond donors (Lipinski definition) is 1. The highest BCUT2D eigenvalue weighted by Crippen LogP contribution is 2.32. The Labute approximate surface area is 154 Å². The summed E-state index contributed by atoms with van der Waals surface area (Å²) in [5.41, 5.74) is 2.25. The second kappa shape index (κ2) is 7.55. The Morgan fingerprint density at radius 1 is 1.08 bits per heavy atom. The maximum absolute atomic E-state index is 12.7. The van der Waals surface area contributed by atoms with E-state index in [0.717, 1.165) is 23.3 Å². The molecule has 0 saturated heterocycles. The monoisotopic (exact) mass is 377 g/mol. The van der Waals surface area contributed by atoms with Crippen molar-refractivity contribution in [3.05, 3.63) is 47.0 Å². The van der Waals surface area contributed by atoms with Gasteiger partial charge in [-0.2, -0.15) is 0 Å².